The summed E-state index contributed by atoms with van der Waals surface area (Å²) in [7, 11) is 0. The topological polar surface area (TPSA) is 4.93 Å². The Morgan fingerprint density at radius 3 is 1.66 bits per heavy atom. The summed E-state index contributed by atoms with van der Waals surface area (Å²) in [5, 5.41) is 10.3. The van der Waals surface area contributed by atoms with E-state index >= 15 is 0 Å². The lowest BCUT2D eigenvalue weighted by Gasteiger charge is -2.16. The molecule has 0 N–H and O–H groups in total. The number of hydrogen-bond donors (Lipinski definition) is 0. The number of aromatic nitrogens is 1. The molecule has 0 aliphatic heterocycles. The average Bonchev–Trinajstić information content (AvgIpc) is 3.45. The Morgan fingerprint density at radius 2 is 1.00 bits per heavy atom. The third kappa shape index (κ3) is 6.08. The van der Waals surface area contributed by atoms with Gasteiger partial charge in [0, 0.05) is 28.4 Å². The molecule has 0 amide bonds. The summed E-state index contributed by atoms with van der Waals surface area (Å²) in [5.41, 5.74) is 13.3. The van der Waals surface area contributed by atoms with E-state index in [1.807, 2.05) is 19.1 Å². The molecule has 0 unspecified atom stereocenters. The van der Waals surface area contributed by atoms with Crippen LogP contribution in [0.5, 0.6) is 0 Å². The van der Waals surface area contributed by atoms with Gasteiger partial charge in [-0.05, 0) is 127 Å². The predicted molar refractivity (Wildman–Crippen MR) is 246 cm³/mol. The number of allylic oxidation sites excluding steroid dienone is 6. The smallest absolute Gasteiger partial charge is 0.0497 e. The highest BCUT2D eigenvalue weighted by atomic mass is 15.0. The molecule has 8 aromatic carbocycles. The monoisotopic (exact) mass is 717 g/mol. The van der Waals surface area contributed by atoms with Crippen LogP contribution in [0.3, 0.4) is 0 Å². The molecule has 56 heavy (non-hydrogen) atoms. The standard InChI is InChI=1S/C50H35N.C5H8/c1-3-51-49-15-9-8-14-45(49)46-27-24-38(31-50(46)51)47-29-36(35-21-20-33-18-16-32(2)17-19-34(33)28-35)22-25-39(47)37-23-26-44-42-12-5-4-10-40(42)41-11-6-7-13-43(41)48(44)30-37;1-3-5-4-2/h4-31H,2-3H2,1H3;3-5H,1H2,2H3/b;5-4-. The molecule has 1 aliphatic rings. The number of para-hydroxylation sites is 1. The summed E-state index contributed by atoms with van der Waals surface area (Å²) in [6.45, 7) is 12.7. The van der Waals surface area contributed by atoms with Gasteiger partial charge in [-0.15, -0.1) is 0 Å². The van der Waals surface area contributed by atoms with Crippen LogP contribution in [-0.4, -0.2) is 4.57 Å². The quantitative estimate of drug-likeness (QED) is 0.123. The largest absolute Gasteiger partial charge is 0.341 e. The molecule has 0 radical (unpaired) electrons. The van der Waals surface area contributed by atoms with Gasteiger partial charge in [0.05, 0.1) is 0 Å². The third-order valence-corrected chi connectivity index (χ3v) is 11.2. The van der Waals surface area contributed by atoms with Crippen molar-refractivity contribution in [1.82, 2.24) is 4.57 Å². The van der Waals surface area contributed by atoms with Crippen molar-refractivity contribution in [1.29, 1.82) is 0 Å². The van der Waals surface area contributed by atoms with Crippen LogP contribution in [-0.2, 0) is 6.54 Å². The number of nitrogens with zero attached hydrogens (tertiary/aromatic N) is 1. The summed E-state index contributed by atoms with van der Waals surface area (Å²) in [6.07, 6.45) is 14.1. The first-order valence-corrected chi connectivity index (χ1v) is 19.5. The number of fused-ring (bicyclic) bond motifs is 10. The summed E-state index contributed by atoms with van der Waals surface area (Å²) >= 11 is 0. The van der Waals surface area contributed by atoms with Crippen LogP contribution < -0.4 is 0 Å². The van der Waals surface area contributed by atoms with Gasteiger partial charge in [-0.25, -0.2) is 0 Å². The van der Waals surface area contributed by atoms with Crippen LogP contribution in [0.25, 0.3) is 99.7 Å². The molecular weight excluding hydrogens is 675 g/mol. The highest BCUT2D eigenvalue weighted by Gasteiger charge is 2.16. The Morgan fingerprint density at radius 1 is 0.464 bits per heavy atom. The Kier molecular flexibility index (Phi) is 9.13. The van der Waals surface area contributed by atoms with Crippen molar-refractivity contribution < 1.29 is 0 Å². The van der Waals surface area contributed by atoms with Crippen LogP contribution >= 0.6 is 0 Å². The fourth-order valence-electron chi connectivity index (χ4n) is 8.48. The van der Waals surface area contributed by atoms with Crippen molar-refractivity contribution in [3.05, 3.63) is 206 Å². The highest BCUT2D eigenvalue weighted by Crippen LogP contribution is 2.42. The Balaban J connectivity index is 0.000000773. The predicted octanol–water partition coefficient (Wildman–Crippen LogP) is 15.6. The van der Waals surface area contributed by atoms with Crippen LogP contribution in [0, 0.1) is 0 Å². The molecule has 0 saturated heterocycles. The van der Waals surface area contributed by atoms with Gasteiger partial charge in [-0.2, -0.15) is 0 Å². The summed E-state index contributed by atoms with van der Waals surface area (Å²) < 4.78 is 2.45. The maximum atomic E-state index is 4.14. The minimum atomic E-state index is 0.912. The highest BCUT2D eigenvalue weighted by molar-refractivity contribution is 6.26. The summed E-state index contributed by atoms with van der Waals surface area (Å²) in [5.74, 6) is 0. The van der Waals surface area contributed by atoms with E-state index in [1.54, 1.807) is 6.08 Å². The van der Waals surface area contributed by atoms with Crippen molar-refractivity contribution in [2.45, 2.75) is 20.4 Å². The van der Waals surface area contributed by atoms with E-state index in [0.717, 1.165) is 12.1 Å². The van der Waals surface area contributed by atoms with Gasteiger partial charge >= 0.3 is 0 Å². The van der Waals surface area contributed by atoms with Crippen molar-refractivity contribution in [3.8, 4) is 33.4 Å². The Bertz CT molecular complexity index is 3070. The molecule has 268 valence electrons. The third-order valence-electron chi connectivity index (χ3n) is 11.2. The molecule has 1 nitrogen and oxygen atoms in total. The van der Waals surface area contributed by atoms with Crippen LogP contribution in [0.1, 0.15) is 25.0 Å². The lowest BCUT2D eigenvalue weighted by Crippen LogP contribution is -1.94. The zero-order chi connectivity index (χ0) is 38.2. The molecule has 1 aromatic heterocycles. The first kappa shape index (κ1) is 34.8. The molecule has 10 rings (SSSR count). The van der Waals surface area contributed by atoms with Crippen LogP contribution in [0.4, 0.5) is 0 Å². The Hall–Kier alpha value is -6.96. The molecule has 0 spiro atoms. The van der Waals surface area contributed by atoms with E-state index in [4.69, 9.17) is 0 Å². The van der Waals surface area contributed by atoms with E-state index in [-0.39, 0.29) is 0 Å². The fourth-order valence-corrected chi connectivity index (χ4v) is 8.48. The molecule has 1 heteroatoms. The first-order valence-electron chi connectivity index (χ1n) is 19.5. The lowest BCUT2D eigenvalue weighted by atomic mass is 9.88. The van der Waals surface area contributed by atoms with E-state index in [2.05, 4.69) is 195 Å². The van der Waals surface area contributed by atoms with Gasteiger partial charge in [0.15, 0.2) is 0 Å². The van der Waals surface area contributed by atoms with E-state index in [0.29, 0.717) is 0 Å². The van der Waals surface area contributed by atoms with Gasteiger partial charge in [-0.1, -0.05) is 171 Å². The summed E-state index contributed by atoms with van der Waals surface area (Å²) in [6, 6.07) is 54.3. The van der Waals surface area contributed by atoms with E-state index in [9.17, 15) is 0 Å². The number of hydrogen-bond acceptors (Lipinski definition) is 0. The number of aryl methyl sites for hydroxylation is 1. The normalized spacial score (nSPS) is 12.4. The maximum Gasteiger partial charge on any atom is 0.0497 e. The fraction of sp³-hybridized carbons (Fsp3) is 0.0545. The first-order chi connectivity index (χ1) is 27.6. The number of benzene rings is 8. The second-order valence-corrected chi connectivity index (χ2v) is 14.5. The van der Waals surface area contributed by atoms with E-state index < -0.39 is 0 Å². The summed E-state index contributed by atoms with van der Waals surface area (Å²) in [4.78, 5) is 0. The lowest BCUT2D eigenvalue weighted by molar-refractivity contribution is 0.827. The SMILES string of the molecule is C=C/C=C\C.C=C1C=Cc2ccc(-c3ccc(-c4ccc5c6ccccc6c6ccccc6c5c4)c(-c4ccc5c6ccccc6n(CC)c5c4)c3)cc2C=C1. The van der Waals surface area contributed by atoms with Gasteiger partial charge in [-0.3, -0.25) is 0 Å². The minimum absolute atomic E-state index is 0.912. The number of rotatable bonds is 5. The molecular formula is C55H43N. The zero-order valence-electron chi connectivity index (χ0n) is 32.0. The van der Waals surface area contributed by atoms with Crippen molar-refractivity contribution >= 4 is 66.3 Å². The molecule has 1 aliphatic carbocycles. The Labute approximate surface area is 329 Å². The van der Waals surface area contributed by atoms with Gasteiger partial charge in [0.2, 0.25) is 0 Å². The van der Waals surface area contributed by atoms with Crippen molar-refractivity contribution in [2.24, 2.45) is 0 Å². The van der Waals surface area contributed by atoms with Crippen molar-refractivity contribution in [3.63, 3.8) is 0 Å². The van der Waals surface area contributed by atoms with E-state index in [1.165, 1.54) is 98.6 Å². The van der Waals surface area contributed by atoms with Gasteiger partial charge in [0.25, 0.3) is 0 Å². The molecule has 0 atom stereocenters. The minimum Gasteiger partial charge on any atom is -0.341 e. The molecule has 0 saturated carbocycles. The van der Waals surface area contributed by atoms with Crippen LogP contribution in [0.15, 0.2) is 195 Å². The van der Waals surface area contributed by atoms with Gasteiger partial charge in [0.1, 0.15) is 0 Å². The van der Waals surface area contributed by atoms with Gasteiger partial charge < -0.3 is 4.57 Å². The molecule has 9 aromatic rings. The maximum absolute atomic E-state index is 4.14. The average molecular weight is 718 g/mol. The van der Waals surface area contributed by atoms with Crippen LogP contribution in [0.2, 0.25) is 0 Å². The molecule has 1 heterocycles. The molecule has 0 fully saturated rings. The zero-order valence-corrected chi connectivity index (χ0v) is 32.0. The molecule has 0 bridgehead atoms. The van der Waals surface area contributed by atoms with Crippen molar-refractivity contribution in [2.75, 3.05) is 0 Å². The second-order valence-electron chi connectivity index (χ2n) is 14.5. The second kappa shape index (κ2) is 14.7.